The summed E-state index contributed by atoms with van der Waals surface area (Å²) in [6.45, 7) is 7.08. The van der Waals surface area contributed by atoms with Crippen LogP contribution in [-0.2, 0) is 0 Å². The van der Waals surface area contributed by atoms with Crippen LogP contribution in [0.15, 0.2) is 30.3 Å². The predicted molar refractivity (Wildman–Crippen MR) is 48.0 cm³/mol. The fraction of sp³-hybridized carbons (Fsp3) is 0.222. The maximum atomic E-state index is 3.25. The Labute approximate surface area is 96.3 Å². The minimum Gasteiger partial charge on any atom is -1.00 e. The van der Waals surface area contributed by atoms with Crippen LogP contribution in [0.25, 0.3) is 0 Å². The number of halogens is 1. The maximum absolute atomic E-state index is 3.25. The van der Waals surface area contributed by atoms with Crippen LogP contribution in [-0.4, -0.2) is 23.1 Å². The van der Waals surface area contributed by atoms with Crippen molar-refractivity contribution >= 4 is 23.1 Å². The monoisotopic (exact) mass is 224 g/mol. The van der Waals surface area contributed by atoms with Gasteiger partial charge in [0.1, 0.15) is 0 Å². The van der Waals surface area contributed by atoms with Crippen molar-refractivity contribution in [3.63, 3.8) is 0 Å². The van der Waals surface area contributed by atoms with Gasteiger partial charge in [-0.05, 0) is 6.92 Å². The molecule has 0 saturated heterocycles. The van der Waals surface area contributed by atoms with E-state index in [1.807, 2.05) is 18.2 Å². The van der Waals surface area contributed by atoms with Gasteiger partial charge in [-0.25, -0.2) is 0 Å². The first-order valence-corrected chi connectivity index (χ1v) is 3.12. The van der Waals surface area contributed by atoms with Crippen LogP contribution in [0.2, 0.25) is 0 Å². The summed E-state index contributed by atoms with van der Waals surface area (Å²) in [4.78, 5) is 0. The van der Waals surface area contributed by atoms with E-state index in [9.17, 15) is 0 Å². The van der Waals surface area contributed by atoms with Crippen LogP contribution in [0.3, 0.4) is 0 Å². The molecule has 0 fully saturated rings. The molecule has 0 saturated carbocycles. The molecule has 0 atom stereocenters. The molecule has 0 aliphatic rings. The van der Waals surface area contributed by atoms with Gasteiger partial charge in [-0.2, -0.15) is 6.92 Å². The van der Waals surface area contributed by atoms with Crippen molar-refractivity contribution in [2.75, 3.05) is 0 Å². The van der Waals surface area contributed by atoms with E-state index in [1.54, 1.807) is 6.92 Å². The second-order valence-corrected chi connectivity index (χ2v) is 1.65. The van der Waals surface area contributed by atoms with Gasteiger partial charge in [-0.1, -0.05) is 35.9 Å². The molecule has 11 heavy (non-hydrogen) atoms. The average Bonchev–Trinajstić information content (AvgIpc) is 1.94. The van der Waals surface area contributed by atoms with Gasteiger partial charge < -0.3 is 23.9 Å². The first-order valence-electron chi connectivity index (χ1n) is 3.12. The Morgan fingerprint density at radius 3 is 1.55 bits per heavy atom. The third kappa shape index (κ3) is 10.5. The topological polar surface area (TPSA) is 0 Å². The molecular formula is C9H13BrMg. The van der Waals surface area contributed by atoms with E-state index < -0.39 is 0 Å². The molecule has 1 aromatic rings. The van der Waals surface area contributed by atoms with Crippen LogP contribution >= 0.6 is 0 Å². The summed E-state index contributed by atoms with van der Waals surface area (Å²) in [5.74, 6) is 0. The van der Waals surface area contributed by atoms with Crippen LogP contribution in [0.1, 0.15) is 12.5 Å². The second kappa shape index (κ2) is 13.1. The second-order valence-electron chi connectivity index (χ2n) is 1.65. The van der Waals surface area contributed by atoms with E-state index in [2.05, 4.69) is 26.0 Å². The molecule has 0 amide bonds. The number of rotatable bonds is 0. The van der Waals surface area contributed by atoms with Crippen molar-refractivity contribution < 1.29 is 17.0 Å². The zero-order chi connectivity index (χ0) is 7.11. The molecule has 0 spiro atoms. The third-order valence-electron chi connectivity index (χ3n) is 0.940. The number of benzene rings is 1. The van der Waals surface area contributed by atoms with Gasteiger partial charge in [0.2, 0.25) is 0 Å². The van der Waals surface area contributed by atoms with E-state index in [1.165, 1.54) is 5.56 Å². The third-order valence-corrected chi connectivity index (χ3v) is 0.940. The molecule has 0 nitrogen and oxygen atoms in total. The van der Waals surface area contributed by atoms with Crippen molar-refractivity contribution in [1.82, 2.24) is 0 Å². The number of hydrogen-bond acceptors (Lipinski definition) is 0. The minimum absolute atomic E-state index is 0. The van der Waals surface area contributed by atoms with Gasteiger partial charge in [0.15, 0.2) is 0 Å². The van der Waals surface area contributed by atoms with E-state index in [0.29, 0.717) is 0 Å². The number of aryl methyl sites for hydroxylation is 1. The smallest absolute Gasteiger partial charge is 1.00 e. The van der Waals surface area contributed by atoms with Crippen molar-refractivity contribution in [3.05, 3.63) is 42.8 Å². The Morgan fingerprint density at radius 1 is 1.00 bits per heavy atom. The molecular weight excluding hydrogens is 212 g/mol. The molecule has 0 aliphatic heterocycles. The summed E-state index contributed by atoms with van der Waals surface area (Å²) in [6, 6.07) is 10.3. The Hall–Kier alpha value is 0.466. The first-order chi connectivity index (χ1) is 4.39. The summed E-state index contributed by atoms with van der Waals surface area (Å²) >= 11 is 0. The molecule has 0 N–H and O–H groups in total. The summed E-state index contributed by atoms with van der Waals surface area (Å²) in [7, 11) is 0. The van der Waals surface area contributed by atoms with Gasteiger partial charge in [0.25, 0.3) is 0 Å². The Morgan fingerprint density at radius 2 is 1.36 bits per heavy atom. The molecule has 2 heteroatoms. The van der Waals surface area contributed by atoms with Gasteiger partial charge in [0, 0.05) is 0 Å². The normalized spacial score (nSPS) is 6.09. The zero-order valence-electron chi connectivity index (χ0n) is 7.18. The molecule has 0 bridgehead atoms. The van der Waals surface area contributed by atoms with Crippen LogP contribution in [0.4, 0.5) is 0 Å². The molecule has 0 aliphatic carbocycles. The van der Waals surface area contributed by atoms with Crippen molar-refractivity contribution in [1.29, 1.82) is 0 Å². The standard InChI is InChI=1S/C7H8.C2H5.BrH.Mg/c1-7-5-3-2-4-6-7;1-2;;/h2-6H,1H3;1H2,2H3;1H;/q;-1;;+2/p-1. The molecule has 1 aromatic carbocycles. The Balaban J connectivity index is -0.000000149. The Kier molecular flexibility index (Phi) is 20.8. The molecule has 0 heterocycles. The van der Waals surface area contributed by atoms with E-state index in [-0.39, 0.29) is 40.0 Å². The molecule has 1 rings (SSSR count). The van der Waals surface area contributed by atoms with Crippen molar-refractivity contribution in [3.8, 4) is 0 Å². The SMILES string of the molecule is Cc1ccccc1.[Br-].[CH2-]C.[Mg+2]. The van der Waals surface area contributed by atoms with Gasteiger partial charge in [-0.3, -0.25) is 0 Å². The predicted octanol–water partition coefficient (Wildman–Crippen LogP) is -0.541. The zero-order valence-corrected chi connectivity index (χ0v) is 10.2. The fourth-order valence-electron chi connectivity index (χ4n) is 0.534. The summed E-state index contributed by atoms with van der Waals surface area (Å²) < 4.78 is 0. The average molecular weight is 225 g/mol. The first kappa shape index (κ1) is 17.5. The van der Waals surface area contributed by atoms with Crippen LogP contribution in [0.5, 0.6) is 0 Å². The van der Waals surface area contributed by atoms with E-state index in [4.69, 9.17) is 0 Å². The van der Waals surface area contributed by atoms with Gasteiger partial charge >= 0.3 is 23.1 Å². The van der Waals surface area contributed by atoms with E-state index in [0.717, 1.165) is 0 Å². The van der Waals surface area contributed by atoms with Crippen molar-refractivity contribution in [2.45, 2.75) is 13.8 Å². The Bertz CT molecular complexity index is 139. The van der Waals surface area contributed by atoms with Gasteiger partial charge in [-0.15, -0.1) is 0 Å². The summed E-state index contributed by atoms with van der Waals surface area (Å²) in [6.07, 6.45) is 0. The molecule has 0 unspecified atom stereocenters. The van der Waals surface area contributed by atoms with Crippen molar-refractivity contribution in [2.24, 2.45) is 0 Å². The van der Waals surface area contributed by atoms with Gasteiger partial charge in [0.05, 0.1) is 0 Å². The maximum Gasteiger partial charge on any atom is 2.00 e. The summed E-state index contributed by atoms with van der Waals surface area (Å²) in [5, 5.41) is 0. The molecule has 0 aromatic heterocycles. The fourth-order valence-corrected chi connectivity index (χ4v) is 0.534. The van der Waals surface area contributed by atoms with Crippen LogP contribution in [0, 0.1) is 13.8 Å². The largest absolute Gasteiger partial charge is 2.00 e. The molecule has 0 radical (unpaired) electrons. The summed E-state index contributed by atoms with van der Waals surface area (Å²) in [5.41, 5.74) is 1.32. The minimum atomic E-state index is 0. The number of hydrogen-bond donors (Lipinski definition) is 0. The molecule has 58 valence electrons. The van der Waals surface area contributed by atoms with Crippen LogP contribution < -0.4 is 17.0 Å². The quantitative estimate of drug-likeness (QED) is 0.411. The van der Waals surface area contributed by atoms with E-state index >= 15 is 0 Å².